The molecule has 0 spiro atoms. The largest absolute Gasteiger partial charge is 0.310 e. The van der Waals surface area contributed by atoms with E-state index in [4.69, 9.17) is 0 Å². The fourth-order valence-electron chi connectivity index (χ4n) is 1.49. The smallest absolute Gasteiger partial charge is 0.147 e. The summed E-state index contributed by atoms with van der Waals surface area (Å²) < 4.78 is 1.98. The highest BCUT2D eigenvalue weighted by molar-refractivity contribution is 4.90. The fourth-order valence-corrected chi connectivity index (χ4v) is 1.49. The van der Waals surface area contributed by atoms with Crippen molar-refractivity contribution in [1.29, 1.82) is 0 Å². The lowest BCUT2D eigenvalue weighted by Crippen LogP contribution is -2.39. The summed E-state index contributed by atoms with van der Waals surface area (Å²) in [4.78, 5) is 4.30. The van der Waals surface area contributed by atoms with E-state index in [9.17, 15) is 0 Å². The van der Waals surface area contributed by atoms with Crippen molar-refractivity contribution in [3.8, 4) is 0 Å². The van der Waals surface area contributed by atoms with Gasteiger partial charge in [-0.3, -0.25) is 0 Å². The highest BCUT2D eigenvalue weighted by atomic mass is 15.4. The quantitative estimate of drug-likeness (QED) is 0.828. The fraction of sp³-hybridized carbons (Fsp3) is 0.818. The minimum atomic E-state index is 0.151. The van der Waals surface area contributed by atoms with Crippen LogP contribution in [0.1, 0.15) is 45.4 Å². The van der Waals surface area contributed by atoms with E-state index < -0.39 is 0 Å². The number of nitrogens with zero attached hydrogens (tertiary/aromatic N) is 3. The first-order chi connectivity index (χ1) is 6.79. The van der Waals surface area contributed by atoms with Crippen molar-refractivity contribution in [2.75, 3.05) is 6.54 Å². The Bertz CT molecular complexity index is 322. The molecule has 1 aromatic rings. The molecule has 0 bridgehead atoms. The van der Waals surface area contributed by atoms with E-state index in [-0.39, 0.29) is 5.54 Å². The zero-order valence-electron chi connectivity index (χ0n) is 10.6. The molecule has 0 radical (unpaired) electrons. The van der Waals surface area contributed by atoms with Gasteiger partial charge >= 0.3 is 0 Å². The highest BCUT2D eigenvalue weighted by Gasteiger charge is 2.14. The number of aromatic nitrogens is 3. The van der Waals surface area contributed by atoms with Crippen LogP contribution in [0.5, 0.6) is 0 Å². The van der Waals surface area contributed by atoms with Gasteiger partial charge < -0.3 is 5.32 Å². The summed E-state index contributed by atoms with van der Waals surface area (Å²) in [6.45, 7) is 13.5. The molecule has 1 rings (SSSR count). The average molecular weight is 210 g/mol. The van der Waals surface area contributed by atoms with Gasteiger partial charge in [-0.2, -0.15) is 5.10 Å². The van der Waals surface area contributed by atoms with E-state index >= 15 is 0 Å². The molecule has 0 aliphatic carbocycles. The summed E-state index contributed by atoms with van der Waals surface area (Å²) in [5.41, 5.74) is 0.151. The second kappa shape index (κ2) is 4.31. The van der Waals surface area contributed by atoms with Crippen LogP contribution in [0, 0.1) is 13.8 Å². The summed E-state index contributed by atoms with van der Waals surface area (Å²) in [5.74, 6) is 1.82. The van der Waals surface area contributed by atoms with Crippen LogP contribution >= 0.6 is 0 Å². The molecular formula is C11H22N4. The summed E-state index contributed by atoms with van der Waals surface area (Å²) in [6, 6.07) is 0.338. The van der Waals surface area contributed by atoms with Gasteiger partial charge in [0.2, 0.25) is 0 Å². The van der Waals surface area contributed by atoms with Gasteiger partial charge in [0.25, 0.3) is 0 Å². The highest BCUT2D eigenvalue weighted by Crippen LogP contribution is 2.08. The Morgan fingerprint density at radius 1 is 1.33 bits per heavy atom. The van der Waals surface area contributed by atoms with Crippen LogP contribution < -0.4 is 5.32 Å². The Labute approximate surface area is 92.1 Å². The first-order valence-electron chi connectivity index (χ1n) is 5.44. The number of hydrogen-bond donors (Lipinski definition) is 1. The lowest BCUT2D eigenvalue weighted by Gasteiger charge is -2.23. The topological polar surface area (TPSA) is 42.7 Å². The molecule has 0 saturated heterocycles. The monoisotopic (exact) mass is 210 g/mol. The Hall–Kier alpha value is -0.900. The molecule has 4 nitrogen and oxygen atoms in total. The molecule has 0 aromatic carbocycles. The van der Waals surface area contributed by atoms with Crippen LogP contribution in [0.15, 0.2) is 0 Å². The van der Waals surface area contributed by atoms with Crippen molar-refractivity contribution in [1.82, 2.24) is 20.1 Å². The molecule has 1 heterocycles. The molecule has 0 aliphatic heterocycles. The second-order valence-corrected chi connectivity index (χ2v) is 5.13. The molecule has 4 heteroatoms. The number of nitrogens with one attached hydrogen (secondary N) is 1. The van der Waals surface area contributed by atoms with E-state index in [2.05, 4.69) is 43.1 Å². The van der Waals surface area contributed by atoms with Gasteiger partial charge in [-0.05, 0) is 41.5 Å². The van der Waals surface area contributed by atoms with Gasteiger partial charge in [0.1, 0.15) is 11.6 Å². The van der Waals surface area contributed by atoms with E-state index in [1.54, 1.807) is 0 Å². The zero-order chi connectivity index (χ0) is 11.6. The molecule has 0 saturated carbocycles. The Kier molecular flexibility index (Phi) is 3.50. The summed E-state index contributed by atoms with van der Waals surface area (Å²) >= 11 is 0. The predicted molar refractivity (Wildman–Crippen MR) is 62.0 cm³/mol. The van der Waals surface area contributed by atoms with Crippen molar-refractivity contribution in [2.24, 2.45) is 0 Å². The maximum absolute atomic E-state index is 4.38. The molecule has 1 N–H and O–H groups in total. The molecule has 1 unspecified atom stereocenters. The molecule has 1 aromatic heterocycles. The number of aryl methyl sites for hydroxylation is 2. The maximum Gasteiger partial charge on any atom is 0.147 e. The van der Waals surface area contributed by atoms with Crippen molar-refractivity contribution >= 4 is 0 Å². The minimum absolute atomic E-state index is 0.151. The SMILES string of the molecule is Cc1nc(C)n(C(C)CNC(C)(C)C)n1. The standard InChI is InChI=1S/C11H22N4/c1-8(7-12-11(4,5)6)15-10(3)13-9(2)14-15/h8,12H,7H2,1-6H3. The second-order valence-electron chi connectivity index (χ2n) is 5.13. The van der Waals surface area contributed by atoms with Crippen LogP contribution in [0.4, 0.5) is 0 Å². The summed E-state index contributed by atoms with van der Waals surface area (Å²) in [6.07, 6.45) is 0. The lowest BCUT2D eigenvalue weighted by molar-refractivity contribution is 0.361. The van der Waals surface area contributed by atoms with Crippen LogP contribution in [0.2, 0.25) is 0 Å². The Balaban J connectivity index is 2.61. The third-order valence-corrected chi connectivity index (χ3v) is 2.25. The van der Waals surface area contributed by atoms with Gasteiger partial charge in [0.05, 0.1) is 6.04 Å². The predicted octanol–water partition coefficient (Wildman–Crippen LogP) is 1.84. The van der Waals surface area contributed by atoms with Crippen molar-refractivity contribution in [2.45, 2.75) is 53.1 Å². The molecule has 0 fully saturated rings. The van der Waals surface area contributed by atoms with E-state index in [1.165, 1.54) is 0 Å². The molecular weight excluding hydrogens is 188 g/mol. The Morgan fingerprint density at radius 2 is 1.93 bits per heavy atom. The Morgan fingerprint density at radius 3 is 2.33 bits per heavy atom. The molecule has 0 aliphatic rings. The van der Waals surface area contributed by atoms with Crippen molar-refractivity contribution in [3.63, 3.8) is 0 Å². The normalized spacial score (nSPS) is 14.3. The number of hydrogen-bond acceptors (Lipinski definition) is 3. The van der Waals surface area contributed by atoms with Gasteiger partial charge in [-0.25, -0.2) is 9.67 Å². The van der Waals surface area contributed by atoms with Gasteiger partial charge in [0, 0.05) is 12.1 Å². The molecule has 0 amide bonds. The molecule has 1 atom stereocenters. The van der Waals surface area contributed by atoms with E-state index in [1.807, 2.05) is 18.5 Å². The van der Waals surface area contributed by atoms with E-state index in [0.29, 0.717) is 6.04 Å². The zero-order valence-corrected chi connectivity index (χ0v) is 10.6. The minimum Gasteiger partial charge on any atom is -0.310 e. The van der Waals surface area contributed by atoms with Crippen LogP contribution in [-0.2, 0) is 0 Å². The van der Waals surface area contributed by atoms with Crippen LogP contribution in [0.25, 0.3) is 0 Å². The van der Waals surface area contributed by atoms with Crippen molar-refractivity contribution in [3.05, 3.63) is 11.6 Å². The third-order valence-electron chi connectivity index (χ3n) is 2.25. The lowest BCUT2D eigenvalue weighted by atomic mass is 10.1. The van der Waals surface area contributed by atoms with Crippen LogP contribution in [0.3, 0.4) is 0 Å². The van der Waals surface area contributed by atoms with Gasteiger partial charge in [-0.15, -0.1) is 0 Å². The maximum atomic E-state index is 4.38. The van der Waals surface area contributed by atoms with Gasteiger partial charge in [-0.1, -0.05) is 0 Å². The first-order valence-corrected chi connectivity index (χ1v) is 5.44. The molecule has 15 heavy (non-hydrogen) atoms. The van der Waals surface area contributed by atoms with Gasteiger partial charge in [0.15, 0.2) is 0 Å². The number of rotatable bonds is 3. The molecule has 86 valence electrons. The van der Waals surface area contributed by atoms with E-state index in [0.717, 1.165) is 18.2 Å². The van der Waals surface area contributed by atoms with Crippen LogP contribution in [-0.4, -0.2) is 26.8 Å². The average Bonchev–Trinajstić information content (AvgIpc) is 2.40. The summed E-state index contributed by atoms with van der Waals surface area (Å²) in [7, 11) is 0. The third kappa shape index (κ3) is 3.63. The first kappa shape index (κ1) is 12.2. The van der Waals surface area contributed by atoms with Crippen molar-refractivity contribution < 1.29 is 0 Å². The summed E-state index contributed by atoms with van der Waals surface area (Å²) in [5, 5.41) is 7.84.